The Balaban J connectivity index is 1.52. The summed E-state index contributed by atoms with van der Waals surface area (Å²) in [5.74, 6) is 0.460. The van der Waals surface area contributed by atoms with Crippen molar-refractivity contribution in [1.82, 2.24) is 4.90 Å². The zero-order valence-corrected chi connectivity index (χ0v) is 17.4. The third-order valence-electron chi connectivity index (χ3n) is 5.73. The van der Waals surface area contributed by atoms with Gasteiger partial charge in [-0.25, -0.2) is 0 Å². The predicted octanol–water partition coefficient (Wildman–Crippen LogP) is 4.65. The molecule has 1 aliphatic heterocycles. The molecule has 0 unspecified atom stereocenters. The summed E-state index contributed by atoms with van der Waals surface area (Å²) in [6, 6.07) is 19.2. The number of methoxy groups -OCH3 is 1. The van der Waals surface area contributed by atoms with Crippen molar-refractivity contribution >= 4 is 28.3 Å². The number of carbonyl (C=O) groups is 2. The summed E-state index contributed by atoms with van der Waals surface area (Å²) in [6.07, 6.45) is 1.59. The number of nitrogens with one attached hydrogen (secondary N) is 1. The van der Waals surface area contributed by atoms with Crippen LogP contribution in [-0.4, -0.2) is 36.9 Å². The molecule has 0 aromatic heterocycles. The first-order valence-electron chi connectivity index (χ1n) is 10.3. The van der Waals surface area contributed by atoms with Crippen LogP contribution in [0, 0.1) is 12.8 Å². The molecule has 0 radical (unpaired) electrons. The first-order chi connectivity index (χ1) is 14.6. The Morgan fingerprint density at radius 1 is 1.00 bits per heavy atom. The van der Waals surface area contributed by atoms with Crippen LogP contribution < -0.4 is 10.1 Å². The van der Waals surface area contributed by atoms with Crippen molar-refractivity contribution in [2.75, 3.05) is 25.5 Å². The van der Waals surface area contributed by atoms with Crippen LogP contribution in [0.2, 0.25) is 0 Å². The Hall–Kier alpha value is -3.34. The second-order valence-electron chi connectivity index (χ2n) is 7.81. The van der Waals surface area contributed by atoms with Gasteiger partial charge < -0.3 is 15.0 Å². The van der Waals surface area contributed by atoms with Crippen molar-refractivity contribution in [2.24, 2.45) is 5.92 Å². The van der Waals surface area contributed by atoms with Gasteiger partial charge in [0, 0.05) is 29.7 Å². The minimum Gasteiger partial charge on any atom is -0.496 e. The maximum atomic E-state index is 13.3. The van der Waals surface area contributed by atoms with Crippen molar-refractivity contribution in [3.8, 4) is 5.75 Å². The van der Waals surface area contributed by atoms with E-state index in [1.165, 1.54) is 0 Å². The topological polar surface area (TPSA) is 58.6 Å². The summed E-state index contributed by atoms with van der Waals surface area (Å²) in [5.41, 5.74) is 2.58. The van der Waals surface area contributed by atoms with E-state index in [2.05, 4.69) is 5.32 Å². The molecule has 5 nitrogen and oxygen atoms in total. The normalized spacial score (nSPS) is 16.3. The second-order valence-corrected chi connectivity index (χ2v) is 7.81. The van der Waals surface area contributed by atoms with Gasteiger partial charge in [-0.3, -0.25) is 9.59 Å². The highest BCUT2D eigenvalue weighted by Crippen LogP contribution is 2.30. The number of likely N-dealkylation sites (tertiary alicyclic amines) is 1. The van der Waals surface area contributed by atoms with Gasteiger partial charge >= 0.3 is 0 Å². The number of fused-ring (bicyclic) bond motifs is 1. The molecule has 2 amide bonds. The molecule has 0 spiro atoms. The number of hydrogen-bond donors (Lipinski definition) is 1. The fourth-order valence-corrected chi connectivity index (χ4v) is 4.06. The molecule has 30 heavy (non-hydrogen) atoms. The predicted molar refractivity (Wildman–Crippen MR) is 119 cm³/mol. The number of amides is 2. The summed E-state index contributed by atoms with van der Waals surface area (Å²) in [4.78, 5) is 27.9. The quantitative estimate of drug-likeness (QED) is 0.691. The molecular formula is C25H26N2O3. The molecule has 0 bridgehead atoms. The third-order valence-corrected chi connectivity index (χ3v) is 5.73. The Labute approximate surface area is 176 Å². The van der Waals surface area contributed by atoms with Crippen molar-refractivity contribution in [3.63, 3.8) is 0 Å². The van der Waals surface area contributed by atoms with Crippen molar-refractivity contribution in [2.45, 2.75) is 19.8 Å². The van der Waals surface area contributed by atoms with Crippen LogP contribution in [0.5, 0.6) is 5.75 Å². The van der Waals surface area contributed by atoms with E-state index in [1.54, 1.807) is 12.0 Å². The summed E-state index contributed by atoms with van der Waals surface area (Å²) >= 11 is 0. The summed E-state index contributed by atoms with van der Waals surface area (Å²) < 4.78 is 5.44. The van der Waals surface area contributed by atoms with E-state index in [4.69, 9.17) is 4.74 Å². The molecule has 0 aliphatic carbocycles. The molecule has 154 valence electrons. The molecule has 3 aromatic carbocycles. The van der Waals surface area contributed by atoms with Crippen LogP contribution >= 0.6 is 0 Å². The van der Waals surface area contributed by atoms with Crippen LogP contribution in [0.25, 0.3) is 10.8 Å². The number of carbonyl (C=O) groups excluding carboxylic acids is 2. The van der Waals surface area contributed by atoms with Gasteiger partial charge in [-0.05, 0) is 49.4 Å². The number of rotatable bonds is 4. The van der Waals surface area contributed by atoms with Crippen LogP contribution in [-0.2, 0) is 4.79 Å². The maximum Gasteiger partial charge on any atom is 0.254 e. The SMILES string of the molecule is COc1ccc(C(=O)N2CCC[C@@H](C(=O)Nc3ccc(C)cc3)C2)c2ccccc12. The van der Waals surface area contributed by atoms with Gasteiger partial charge in [-0.2, -0.15) is 0 Å². The molecule has 1 atom stereocenters. The van der Waals surface area contributed by atoms with Crippen molar-refractivity contribution in [1.29, 1.82) is 0 Å². The largest absolute Gasteiger partial charge is 0.496 e. The number of hydrogen-bond acceptors (Lipinski definition) is 3. The summed E-state index contributed by atoms with van der Waals surface area (Å²) in [6.45, 7) is 3.10. The van der Waals surface area contributed by atoms with Crippen LogP contribution in [0.4, 0.5) is 5.69 Å². The molecule has 1 saturated heterocycles. The van der Waals surface area contributed by atoms with Crippen molar-refractivity contribution < 1.29 is 14.3 Å². The minimum absolute atomic E-state index is 0.0315. The van der Waals surface area contributed by atoms with Crippen molar-refractivity contribution in [3.05, 3.63) is 71.8 Å². The number of benzene rings is 3. The van der Waals surface area contributed by atoms with E-state index in [9.17, 15) is 9.59 Å². The van der Waals surface area contributed by atoms with E-state index < -0.39 is 0 Å². The van der Waals surface area contributed by atoms with E-state index >= 15 is 0 Å². The van der Waals surface area contributed by atoms with Crippen LogP contribution in [0.1, 0.15) is 28.8 Å². The zero-order valence-electron chi connectivity index (χ0n) is 17.4. The highest BCUT2D eigenvalue weighted by molar-refractivity contribution is 6.08. The summed E-state index contributed by atoms with van der Waals surface area (Å²) in [7, 11) is 1.63. The van der Waals surface area contributed by atoms with Gasteiger partial charge in [0.25, 0.3) is 5.91 Å². The lowest BCUT2D eigenvalue weighted by molar-refractivity contribution is -0.121. The van der Waals surface area contributed by atoms with E-state index in [0.717, 1.165) is 40.6 Å². The number of anilines is 1. The zero-order chi connectivity index (χ0) is 21.1. The lowest BCUT2D eigenvalue weighted by Gasteiger charge is -2.32. The number of nitrogens with zero attached hydrogens (tertiary/aromatic N) is 1. The smallest absolute Gasteiger partial charge is 0.254 e. The molecule has 1 N–H and O–H groups in total. The fourth-order valence-electron chi connectivity index (χ4n) is 4.06. The van der Waals surface area contributed by atoms with Gasteiger partial charge in [0.05, 0.1) is 13.0 Å². The molecule has 3 aromatic rings. The van der Waals surface area contributed by atoms with Gasteiger partial charge in [0.15, 0.2) is 0 Å². The molecule has 1 aliphatic rings. The number of aryl methyl sites for hydroxylation is 1. The maximum absolute atomic E-state index is 13.3. The Kier molecular flexibility index (Phi) is 5.70. The first kappa shape index (κ1) is 20.0. The van der Waals surface area contributed by atoms with Gasteiger partial charge in [0.1, 0.15) is 5.75 Å². The third kappa shape index (κ3) is 4.01. The van der Waals surface area contributed by atoms with Gasteiger partial charge in [-0.15, -0.1) is 0 Å². The number of piperidine rings is 1. The monoisotopic (exact) mass is 402 g/mol. The molecule has 4 rings (SSSR count). The average molecular weight is 402 g/mol. The van der Waals surface area contributed by atoms with E-state index in [0.29, 0.717) is 18.7 Å². The molecular weight excluding hydrogens is 376 g/mol. The van der Waals surface area contributed by atoms with Crippen LogP contribution in [0.3, 0.4) is 0 Å². The summed E-state index contributed by atoms with van der Waals surface area (Å²) in [5, 5.41) is 4.77. The fraction of sp³-hybridized carbons (Fsp3) is 0.280. The Morgan fingerprint density at radius 2 is 1.73 bits per heavy atom. The first-order valence-corrected chi connectivity index (χ1v) is 10.3. The molecule has 1 fully saturated rings. The second kappa shape index (κ2) is 8.57. The highest BCUT2D eigenvalue weighted by Gasteiger charge is 2.29. The molecule has 5 heteroatoms. The van der Waals surface area contributed by atoms with E-state index in [-0.39, 0.29) is 17.7 Å². The van der Waals surface area contributed by atoms with Crippen LogP contribution in [0.15, 0.2) is 60.7 Å². The number of ether oxygens (including phenoxy) is 1. The standard InChI is InChI=1S/C25H26N2O3/c1-17-9-11-19(12-10-17)26-24(28)18-6-5-15-27(16-18)25(29)22-13-14-23(30-2)21-8-4-3-7-20(21)22/h3-4,7-14,18H,5-6,15-16H2,1-2H3,(H,26,28)/t18-/m1/s1. The Bertz CT molecular complexity index is 1080. The van der Waals surface area contributed by atoms with Gasteiger partial charge in [0.2, 0.25) is 5.91 Å². The lowest BCUT2D eigenvalue weighted by atomic mass is 9.95. The average Bonchev–Trinajstić information content (AvgIpc) is 2.79. The molecule has 0 saturated carbocycles. The van der Waals surface area contributed by atoms with E-state index in [1.807, 2.05) is 67.6 Å². The minimum atomic E-state index is -0.214. The Morgan fingerprint density at radius 3 is 2.47 bits per heavy atom. The lowest BCUT2D eigenvalue weighted by Crippen LogP contribution is -2.43. The molecule has 1 heterocycles. The highest BCUT2D eigenvalue weighted by atomic mass is 16.5. The van der Waals surface area contributed by atoms with Gasteiger partial charge in [-0.1, -0.05) is 42.0 Å².